The molecule has 1 fully saturated rings. The van der Waals surface area contributed by atoms with E-state index in [1.807, 2.05) is 0 Å². The van der Waals surface area contributed by atoms with Crippen LogP contribution in [0.1, 0.15) is 32.6 Å². The van der Waals surface area contributed by atoms with Gasteiger partial charge in [-0.15, -0.1) is 0 Å². The highest BCUT2D eigenvalue weighted by molar-refractivity contribution is 5.57. The number of nitrogens with zero attached hydrogens (tertiary/aromatic N) is 3. The molecule has 1 saturated carbocycles. The molecule has 104 valence electrons. The lowest BCUT2D eigenvalue weighted by molar-refractivity contribution is -0.384. The van der Waals surface area contributed by atoms with E-state index in [4.69, 9.17) is 5.84 Å². The number of nitrogen functional groups attached to an aromatic ring is 1. The number of rotatable bonds is 4. The molecule has 8 heteroatoms. The number of hydrazine groups is 1. The summed E-state index contributed by atoms with van der Waals surface area (Å²) in [5.74, 6) is 6.24. The van der Waals surface area contributed by atoms with Gasteiger partial charge in [-0.25, -0.2) is 10.8 Å². The average molecular weight is 266 g/mol. The zero-order chi connectivity index (χ0) is 13.8. The topological polar surface area (TPSA) is 119 Å². The lowest BCUT2D eigenvalue weighted by Gasteiger charge is -2.27. The Bertz CT molecular complexity index is 466. The normalized spacial score (nSPS) is 22.8. The van der Waals surface area contributed by atoms with Crippen molar-refractivity contribution < 1.29 is 4.92 Å². The summed E-state index contributed by atoms with van der Waals surface area (Å²) in [6.07, 6.45) is 5.49. The molecule has 1 aliphatic rings. The van der Waals surface area contributed by atoms with Gasteiger partial charge in [-0.1, -0.05) is 19.8 Å². The van der Waals surface area contributed by atoms with Crippen molar-refractivity contribution in [3.8, 4) is 0 Å². The molecule has 1 aromatic rings. The van der Waals surface area contributed by atoms with E-state index < -0.39 is 4.92 Å². The van der Waals surface area contributed by atoms with Crippen molar-refractivity contribution in [1.82, 2.24) is 9.97 Å². The van der Waals surface area contributed by atoms with Gasteiger partial charge in [0.05, 0.1) is 4.92 Å². The Morgan fingerprint density at radius 2 is 2.32 bits per heavy atom. The summed E-state index contributed by atoms with van der Waals surface area (Å²) in [4.78, 5) is 18.3. The SMILES string of the molecule is CC1CCCC(Nc2nc(NN)ncc2[N+](=O)[O-])C1. The van der Waals surface area contributed by atoms with E-state index in [-0.39, 0.29) is 23.5 Å². The number of nitrogens with one attached hydrogen (secondary N) is 2. The predicted molar refractivity (Wildman–Crippen MR) is 71.5 cm³/mol. The standard InChI is InChI=1S/C11H18N6O2/c1-7-3-2-4-8(5-7)14-10-9(17(18)19)6-13-11(15-10)16-12/h6-8H,2-5,12H2,1H3,(H2,13,14,15,16). The fourth-order valence-corrected chi connectivity index (χ4v) is 2.44. The Morgan fingerprint density at radius 1 is 1.53 bits per heavy atom. The van der Waals surface area contributed by atoms with Gasteiger partial charge in [-0.2, -0.15) is 4.98 Å². The van der Waals surface area contributed by atoms with Crippen molar-refractivity contribution in [2.75, 3.05) is 10.7 Å². The summed E-state index contributed by atoms with van der Waals surface area (Å²) < 4.78 is 0. The first-order chi connectivity index (χ1) is 9.10. The molecule has 2 atom stereocenters. The lowest BCUT2D eigenvalue weighted by atomic mass is 9.87. The average Bonchev–Trinajstić information content (AvgIpc) is 2.38. The Morgan fingerprint density at radius 3 is 2.95 bits per heavy atom. The van der Waals surface area contributed by atoms with Gasteiger partial charge in [-0.05, 0) is 18.8 Å². The third-order valence-corrected chi connectivity index (χ3v) is 3.37. The third-order valence-electron chi connectivity index (χ3n) is 3.37. The monoisotopic (exact) mass is 266 g/mol. The minimum absolute atomic E-state index is 0.128. The van der Waals surface area contributed by atoms with Crippen molar-refractivity contribution >= 4 is 17.5 Å². The summed E-state index contributed by atoms with van der Waals surface area (Å²) >= 11 is 0. The number of hydrogen-bond donors (Lipinski definition) is 3. The van der Waals surface area contributed by atoms with Gasteiger partial charge < -0.3 is 5.32 Å². The van der Waals surface area contributed by atoms with Gasteiger partial charge >= 0.3 is 5.69 Å². The van der Waals surface area contributed by atoms with Gasteiger partial charge in [-0.3, -0.25) is 15.5 Å². The predicted octanol–water partition coefficient (Wildman–Crippen LogP) is 1.66. The summed E-state index contributed by atoms with van der Waals surface area (Å²) in [7, 11) is 0. The van der Waals surface area contributed by atoms with Crippen LogP contribution in [-0.2, 0) is 0 Å². The van der Waals surface area contributed by atoms with Crippen LogP contribution in [0.5, 0.6) is 0 Å². The molecule has 2 rings (SSSR count). The highest BCUT2D eigenvalue weighted by Crippen LogP contribution is 2.29. The second-order valence-electron chi connectivity index (χ2n) is 4.94. The van der Waals surface area contributed by atoms with Crippen molar-refractivity contribution in [3.63, 3.8) is 0 Å². The minimum Gasteiger partial charge on any atom is -0.361 e. The second kappa shape index (κ2) is 5.79. The van der Waals surface area contributed by atoms with Crippen LogP contribution in [0.25, 0.3) is 0 Å². The minimum atomic E-state index is -0.491. The maximum atomic E-state index is 11.0. The molecule has 1 heterocycles. The Labute approximate surface area is 110 Å². The number of anilines is 2. The van der Waals surface area contributed by atoms with E-state index in [2.05, 4.69) is 27.6 Å². The van der Waals surface area contributed by atoms with Crippen LogP contribution in [0, 0.1) is 16.0 Å². The van der Waals surface area contributed by atoms with Crippen molar-refractivity contribution in [2.45, 2.75) is 38.6 Å². The summed E-state index contributed by atoms with van der Waals surface area (Å²) in [6.45, 7) is 2.19. The van der Waals surface area contributed by atoms with E-state index >= 15 is 0 Å². The molecule has 0 saturated heterocycles. The number of hydrogen-bond acceptors (Lipinski definition) is 7. The molecule has 2 unspecified atom stereocenters. The van der Waals surface area contributed by atoms with Crippen LogP contribution in [0.15, 0.2) is 6.20 Å². The zero-order valence-electron chi connectivity index (χ0n) is 10.8. The van der Waals surface area contributed by atoms with E-state index in [0.717, 1.165) is 25.5 Å². The smallest absolute Gasteiger partial charge is 0.329 e. The summed E-state index contributed by atoms with van der Waals surface area (Å²) in [5.41, 5.74) is 2.17. The van der Waals surface area contributed by atoms with Crippen LogP contribution in [0.3, 0.4) is 0 Å². The Balaban J connectivity index is 2.19. The second-order valence-corrected chi connectivity index (χ2v) is 4.94. The fourth-order valence-electron chi connectivity index (χ4n) is 2.44. The van der Waals surface area contributed by atoms with Gasteiger partial charge in [0.2, 0.25) is 11.8 Å². The zero-order valence-corrected chi connectivity index (χ0v) is 10.8. The van der Waals surface area contributed by atoms with E-state index in [9.17, 15) is 10.1 Å². The molecule has 0 amide bonds. The first kappa shape index (κ1) is 13.5. The van der Waals surface area contributed by atoms with E-state index in [0.29, 0.717) is 5.92 Å². The first-order valence-electron chi connectivity index (χ1n) is 6.34. The van der Waals surface area contributed by atoms with Crippen LogP contribution in [0.4, 0.5) is 17.5 Å². The van der Waals surface area contributed by atoms with Crippen LogP contribution < -0.4 is 16.6 Å². The third kappa shape index (κ3) is 3.28. The van der Waals surface area contributed by atoms with Crippen molar-refractivity contribution in [1.29, 1.82) is 0 Å². The van der Waals surface area contributed by atoms with Crippen molar-refractivity contribution in [3.05, 3.63) is 16.3 Å². The number of nitrogens with two attached hydrogens (primary N) is 1. The molecule has 8 nitrogen and oxygen atoms in total. The molecule has 4 N–H and O–H groups in total. The molecule has 1 aliphatic carbocycles. The van der Waals surface area contributed by atoms with Gasteiger partial charge in [0.15, 0.2) is 0 Å². The lowest BCUT2D eigenvalue weighted by Crippen LogP contribution is -2.27. The van der Waals surface area contributed by atoms with Crippen LogP contribution in [0.2, 0.25) is 0 Å². The Hall–Kier alpha value is -1.96. The van der Waals surface area contributed by atoms with Crippen LogP contribution >= 0.6 is 0 Å². The first-order valence-corrected chi connectivity index (χ1v) is 6.34. The molecule has 1 aromatic heterocycles. The van der Waals surface area contributed by atoms with Gasteiger partial charge in [0.25, 0.3) is 0 Å². The van der Waals surface area contributed by atoms with E-state index in [1.54, 1.807) is 0 Å². The summed E-state index contributed by atoms with van der Waals surface area (Å²) in [5, 5.41) is 14.1. The highest BCUT2D eigenvalue weighted by Gasteiger charge is 2.23. The molecule has 0 radical (unpaired) electrons. The molecule has 0 aliphatic heterocycles. The van der Waals surface area contributed by atoms with Crippen molar-refractivity contribution in [2.24, 2.45) is 11.8 Å². The highest BCUT2D eigenvalue weighted by atomic mass is 16.6. The number of nitro groups is 1. The Kier molecular flexibility index (Phi) is 4.10. The molecule has 19 heavy (non-hydrogen) atoms. The quantitative estimate of drug-likeness (QED) is 0.430. The van der Waals surface area contributed by atoms with Gasteiger partial charge in [0.1, 0.15) is 6.20 Å². The largest absolute Gasteiger partial charge is 0.361 e. The van der Waals surface area contributed by atoms with Gasteiger partial charge in [0, 0.05) is 6.04 Å². The molecule has 0 aromatic carbocycles. The molecular formula is C11H18N6O2. The maximum absolute atomic E-state index is 11.0. The van der Waals surface area contributed by atoms with Crippen LogP contribution in [-0.4, -0.2) is 20.9 Å². The molecule has 0 bridgehead atoms. The molecular weight excluding hydrogens is 248 g/mol. The maximum Gasteiger partial charge on any atom is 0.329 e. The summed E-state index contributed by atoms with van der Waals surface area (Å²) in [6, 6.07) is 0.211. The fraction of sp³-hybridized carbons (Fsp3) is 0.636. The molecule has 0 spiro atoms. The number of aromatic nitrogens is 2. The van der Waals surface area contributed by atoms with E-state index in [1.165, 1.54) is 6.42 Å².